The molecule has 0 saturated heterocycles. The first kappa shape index (κ1) is 18.7. The van der Waals surface area contributed by atoms with Gasteiger partial charge < -0.3 is 14.5 Å². The number of methoxy groups -OCH3 is 1. The number of carbonyl (C=O) groups excluding carboxylic acids is 1. The van der Waals surface area contributed by atoms with Gasteiger partial charge in [0.25, 0.3) is 5.56 Å². The topological polar surface area (TPSA) is 81.3 Å². The average Bonchev–Trinajstić information content (AvgIpc) is 3.05. The van der Waals surface area contributed by atoms with Gasteiger partial charge in [-0.3, -0.25) is 4.79 Å². The number of carbonyl (C=O) groups is 1. The van der Waals surface area contributed by atoms with Gasteiger partial charge in [-0.05, 0) is 61.9 Å². The van der Waals surface area contributed by atoms with Crippen molar-refractivity contribution in [3.8, 4) is 5.75 Å². The van der Waals surface area contributed by atoms with Crippen molar-refractivity contribution in [1.29, 1.82) is 0 Å². The highest BCUT2D eigenvalue weighted by Gasteiger charge is 2.24. The predicted octanol–water partition coefficient (Wildman–Crippen LogP) is 4.04. The van der Waals surface area contributed by atoms with Crippen LogP contribution in [0, 0.1) is 5.92 Å². The average molecular weight is 398 g/mol. The van der Waals surface area contributed by atoms with Crippen LogP contribution in [-0.2, 0) is 17.6 Å². The van der Waals surface area contributed by atoms with Crippen molar-refractivity contribution in [2.75, 3.05) is 7.11 Å². The molecule has 0 aliphatic heterocycles. The molecular weight excluding hydrogens is 376 g/mol. The molecule has 1 aliphatic rings. The second-order valence-electron chi connectivity index (χ2n) is 7.26. The highest BCUT2D eigenvalue weighted by molar-refractivity contribution is 7.18. The standard InChI is InChI=1S/C21H22N2O4S/c1-11-4-9-15-16(10-11)28-20-17(15)19(24)22-18(23-20)12(2)27-21(25)13-5-7-14(26-3)8-6-13/h5-8,11-12H,4,9-10H2,1-3H3,(H,22,23,24)/t11-,12-/m0/s1. The van der Waals surface area contributed by atoms with Gasteiger partial charge in [0, 0.05) is 4.88 Å². The zero-order valence-electron chi connectivity index (χ0n) is 16.1. The number of esters is 1. The van der Waals surface area contributed by atoms with Crippen LogP contribution in [0.3, 0.4) is 0 Å². The molecule has 28 heavy (non-hydrogen) atoms. The van der Waals surface area contributed by atoms with E-state index in [1.54, 1.807) is 49.6 Å². The molecule has 0 radical (unpaired) electrons. The number of aromatic amines is 1. The van der Waals surface area contributed by atoms with Crippen LogP contribution in [0.15, 0.2) is 29.1 Å². The van der Waals surface area contributed by atoms with Crippen LogP contribution in [0.25, 0.3) is 10.2 Å². The molecule has 2 aromatic heterocycles. The quantitative estimate of drug-likeness (QED) is 0.671. The fraction of sp³-hybridized carbons (Fsp3) is 0.381. The first-order valence-electron chi connectivity index (χ1n) is 9.35. The van der Waals surface area contributed by atoms with E-state index in [0.717, 1.165) is 29.7 Å². The summed E-state index contributed by atoms with van der Waals surface area (Å²) in [5.74, 6) is 1.18. The summed E-state index contributed by atoms with van der Waals surface area (Å²) in [4.78, 5) is 34.5. The fourth-order valence-corrected chi connectivity index (χ4v) is 4.96. The maximum atomic E-state index is 12.7. The number of H-pyrrole nitrogens is 1. The molecule has 1 N–H and O–H groups in total. The van der Waals surface area contributed by atoms with Gasteiger partial charge >= 0.3 is 5.97 Å². The first-order chi connectivity index (χ1) is 13.5. The van der Waals surface area contributed by atoms with E-state index in [9.17, 15) is 9.59 Å². The van der Waals surface area contributed by atoms with Crippen molar-refractivity contribution in [3.05, 3.63) is 56.4 Å². The Balaban J connectivity index is 1.59. The van der Waals surface area contributed by atoms with Crippen molar-refractivity contribution in [2.45, 2.75) is 39.2 Å². The van der Waals surface area contributed by atoms with Crippen LogP contribution in [0.1, 0.15) is 53.0 Å². The van der Waals surface area contributed by atoms with Gasteiger partial charge in [-0.15, -0.1) is 11.3 Å². The van der Waals surface area contributed by atoms with Gasteiger partial charge in [0.05, 0.1) is 18.1 Å². The molecule has 0 spiro atoms. The zero-order chi connectivity index (χ0) is 19.8. The Morgan fingerprint density at radius 2 is 2.07 bits per heavy atom. The zero-order valence-corrected chi connectivity index (χ0v) is 16.9. The van der Waals surface area contributed by atoms with Crippen LogP contribution in [0.5, 0.6) is 5.75 Å². The number of nitrogens with zero attached hydrogens (tertiary/aromatic N) is 1. The number of aryl methyl sites for hydroxylation is 1. The molecule has 4 rings (SSSR count). The molecule has 0 bridgehead atoms. The maximum absolute atomic E-state index is 12.7. The second kappa shape index (κ2) is 7.39. The van der Waals surface area contributed by atoms with Crippen molar-refractivity contribution in [1.82, 2.24) is 9.97 Å². The summed E-state index contributed by atoms with van der Waals surface area (Å²) in [7, 11) is 1.57. The van der Waals surface area contributed by atoms with Gasteiger partial charge in [0.1, 0.15) is 10.6 Å². The first-order valence-corrected chi connectivity index (χ1v) is 10.2. The number of hydrogen-bond acceptors (Lipinski definition) is 6. The number of hydrogen-bond donors (Lipinski definition) is 1. The van der Waals surface area contributed by atoms with E-state index in [0.29, 0.717) is 28.4 Å². The molecule has 2 atom stereocenters. The van der Waals surface area contributed by atoms with Gasteiger partial charge in [-0.25, -0.2) is 9.78 Å². The van der Waals surface area contributed by atoms with E-state index in [4.69, 9.17) is 9.47 Å². The monoisotopic (exact) mass is 398 g/mol. The number of nitrogens with one attached hydrogen (secondary N) is 1. The third-order valence-electron chi connectivity index (χ3n) is 5.18. The van der Waals surface area contributed by atoms with Crippen molar-refractivity contribution in [2.24, 2.45) is 5.92 Å². The lowest BCUT2D eigenvalue weighted by Gasteiger charge is -2.17. The lowest BCUT2D eigenvalue weighted by atomic mass is 9.89. The smallest absolute Gasteiger partial charge is 0.338 e. The Bertz CT molecular complexity index is 1080. The molecule has 1 aromatic carbocycles. The van der Waals surface area contributed by atoms with Crippen molar-refractivity contribution in [3.63, 3.8) is 0 Å². The number of benzene rings is 1. The number of ether oxygens (including phenoxy) is 2. The van der Waals surface area contributed by atoms with Crippen LogP contribution in [-0.4, -0.2) is 23.0 Å². The van der Waals surface area contributed by atoms with E-state index in [-0.39, 0.29) is 5.56 Å². The van der Waals surface area contributed by atoms with Gasteiger partial charge in [0.2, 0.25) is 0 Å². The number of thiophene rings is 1. The van der Waals surface area contributed by atoms with E-state index < -0.39 is 12.1 Å². The summed E-state index contributed by atoms with van der Waals surface area (Å²) in [6, 6.07) is 6.68. The minimum absolute atomic E-state index is 0.153. The van der Waals surface area contributed by atoms with Crippen molar-refractivity contribution < 1.29 is 14.3 Å². The molecule has 146 valence electrons. The lowest BCUT2D eigenvalue weighted by molar-refractivity contribution is 0.0320. The maximum Gasteiger partial charge on any atom is 0.338 e. The largest absolute Gasteiger partial charge is 0.497 e. The molecule has 0 amide bonds. The molecule has 3 aromatic rings. The van der Waals surface area contributed by atoms with Crippen molar-refractivity contribution >= 4 is 27.5 Å². The summed E-state index contributed by atoms with van der Waals surface area (Å²) in [6.45, 7) is 3.94. The van der Waals surface area contributed by atoms with Crippen LogP contribution >= 0.6 is 11.3 Å². The fourth-order valence-electron chi connectivity index (χ4n) is 3.57. The summed E-state index contributed by atoms with van der Waals surface area (Å²) >= 11 is 1.58. The normalized spacial score (nSPS) is 17.2. The Hall–Kier alpha value is -2.67. The van der Waals surface area contributed by atoms with Gasteiger partial charge in [0.15, 0.2) is 11.9 Å². The van der Waals surface area contributed by atoms with E-state index >= 15 is 0 Å². The molecule has 0 saturated carbocycles. The highest BCUT2D eigenvalue weighted by atomic mass is 32.1. The number of rotatable bonds is 4. The molecule has 6 nitrogen and oxygen atoms in total. The Morgan fingerprint density at radius 1 is 1.32 bits per heavy atom. The van der Waals surface area contributed by atoms with E-state index in [1.807, 2.05) is 0 Å². The lowest BCUT2D eigenvalue weighted by Crippen LogP contribution is -2.18. The second-order valence-corrected chi connectivity index (χ2v) is 8.34. The van der Waals surface area contributed by atoms with Gasteiger partial charge in [-0.2, -0.15) is 0 Å². The minimum Gasteiger partial charge on any atom is -0.497 e. The minimum atomic E-state index is -0.662. The van der Waals surface area contributed by atoms with E-state index in [1.165, 1.54) is 4.88 Å². The number of aromatic nitrogens is 2. The molecular formula is C21H22N2O4S. The predicted molar refractivity (Wildman–Crippen MR) is 108 cm³/mol. The SMILES string of the molecule is COc1ccc(C(=O)O[C@@H](C)c2nc3sc4c(c3c(=O)[nH]2)CC[C@H](C)C4)cc1. The summed E-state index contributed by atoms with van der Waals surface area (Å²) in [6.07, 6.45) is 2.34. The third-order valence-corrected chi connectivity index (χ3v) is 6.33. The van der Waals surface area contributed by atoms with Crippen LogP contribution < -0.4 is 10.3 Å². The molecule has 0 fully saturated rings. The molecule has 7 heteroatoms. The number of fused-ring (bicyclic) bond motifs is 3. The Morgan fingerprint density at radius 3 is 2.79 bits per heavy atom. The summed E-state index contributed by atoms with van der Waals surface area (Å²) in [5, 5.41) is 0.698. The van der Waals surface area contributed by atoms with Crippen LogP contribution in [0.4, 0.5) is 0 Å². The molecule has 1 aliphatic carbocycles. The highest BCUT2D eigenvalue weighted by Crippen LogP contribution is 2.36. The Labute approximate surface area is 166 Å². The Kier molecular flexibility index (Phi) is 4.93. The van der Waals surface area contributed by atoms with Gasteiger partial charge in [-0.1, -0.05) is 6.92 Å². The third kappa shape index (κ3) is 3.42. The molecule has 2 heterocycles. The van der Waals surface area contributed by atoms with Crippen LogP contribution in [0.2, 0.25) is 0 Å². The molecule has 0 unspecified atom stereocenters. The summed E-state index contributed by atoms with van der Waals surface area (Å²) in [5.41, 5.74) is 1.40. The summed E-state index contributed by atoms with van der Waals surface area (Å²) < 4.78 is 10.6. The van der Waals surface area contributed by atoms with E-state index in [2.05, 4.69) is 16.9 Å².